The van der Waals surface area contributed by atoms with E-state index in [0.717, 1.165) is 17.2 Å². The highest BCUT2D eigenvalue weighted by Gasteiger charge is 2.29. The summed E-state index contributed by atoms with van der Waals surface area (Å²) in [6, 6.07) is 3.17. The van der Waals surface area contributed by atoms with Crippen LogP contribution in [0.1, 0.15) is 5.82 Å². The monoisotopic (exact) mass is 433 g/mol. The zero-order valence-electron chi connectivity index (χ0n) is 14.3. The standard InChI is InChI=1S/C15H20ClN5O2S3/c1-3-6-20-12(2)17-21(15(20)24)11-18-7-9-19(10-8-18)26(22,23)14-5-4-13(16)25-14/h3-5H,1,6-11H2,2H3. The molecule has 2 aromatic rings. The van der Waals surface area contributed by atoms with Crippen molar-refractivity contribution in [2.24, 2.45) is 0 Å². The maximum Gasteiger partial charge on any atom is 0.252 e. The molecule has 0 amide bonds. The first kappa shape index (κ1) is 19.7. The Morgan fingerprint density at radius 1 is 1.35 bits per heavy atom. The number of halogens is 1. The van der Waals surface area contributed by atoms with Crippen molar-refractivity contribution in [1.29, 1.82) is 0 Å². The SMILES string of the molecule is C=CCn1c(C)nn(CN2CCN(S(=O)(=O)c3ccc(Cl)s3)CC2)c1=S. The van der Waals surface area contributed by atoms with E-state index in [1.165, 1.54) is 4.31 Å². The average molecular weight is 434 g/mol. The van der Waals surface area contributed by atoms with Crippen LogP contribution in [-0.2, 0) is 23.2 Å². The molecule has 0 atom stereocenters. The number of rotatable bonds is 6. The minimum Gasteiger partial charge on any atom is -0.300 e. The lowest BCUT2D eigenvalue weighted by Gasteiger charge is -2.33. The maximum atomic E-state index is 12.7. The predicted octanol–water partition coefficient (Wildman–Crippen LogP) is 2.59. The van der Waals surface area contributed by atoms with E-state index in [9.17, 15) is 8.42 Å². The molecule has 0 aliphatic carbocycles. The largest absolute Gasteiger partial charge is 0.300 e. The molecule has 3 rings (SSSR count). The van der Waals surface area contributed by atoms with E-state index in [1.807, 2.05) is 11.5 Å². The van der Waals surface area contributed by atoms with E-state index >= 15 is 0 Å². The number of sulfonamides is 1. The first-order valence-electron chi connectivity index (χ1n) is 8.06. The van der Waals surface area contributed by atoms with Crippen LogP contribution < -0.4 is 0 Å². The molecule has 0 bridgehead atoms. The van der Waals surface area contributed by atoms with Crippen LogP contribution in [0, 0.1) is 11.7 Å². The Bertz CT molecular complexity index is 954. The molecule has 3 heterocycles. The van der Waals surface area contributed by atoms with Crippen LogP contribution in [0.15, 0.2) is 29.0 Å². The number of nitrogens with zero attached hydrogens (tertiary/aromatic N) is 5. The van der Waals surface area contributed by atoms with Crippen molar-refractivity contribution in [2.75, 3.05) is 26.2 Å². The lowest BCUT2D eigenvalue weighted by molar-refractivity contribution is 0.144. The summed E-state index contributed by atoms with van der Waals surface area (Å²) >= 11 is 12.4. The molecule has 0 spiro atoms. The van der Waals surface area contributed by atoms with Gasteiger partial charge in [0.15, 0.2) is 4.77 Å². The molecule has 1 saturated heterocycles. The van der Waals surface area contributed by atoms with Crippen LogP contribution in [0.5, 0.6) is 0 Å². The molecule has 26 heavy (non-hydrogen) atoms. The number of thiophene rings is 1. The smallest absolute Gasteiger partial charge is 0.252 e. The van der Waals surface area contributed by atoms with E-state index < -0.39 is 10.0 Å². The molecule has 7 nitrogen and oxygen atoms in total. The molecule has 1 aliphatic rings. The van der Waals surface area contributed by atoms with Gasteiger partial charge in [-0.25, -0.2) is 13.1 Å². The second-order valence-corrected chi connectivity index (χ2v) is 10.2. The van der Waals surface area contributed by atoms with Gasteiger partial charge in [-0.3, -0.25) is 4.90 Å². The Labute approximate surface area is 167 Å². The van der Waals surface area contributed by atoms with Gasteiger partial charge in [0.25, 0.3) is 10.0 Å². The Morgan fingerprint density at radius 3 is 2.62 bits per heavy atom. The summed E-state index contributed by atoms with van der Waals surface area (Å²) in [7, 11) is -3.47. The van der Waals surface area contributed by atoms with Crippen molar-refractivity contribution >= 4 is 45.2 Å². The van der Waals surface area contributed by atoms with E-state index in [-0.39, 0.29) is 4.21 Å². The molecule has 11 heteroatoms. The van der Waals surface area contributed by atoms with Crippen LogP contribution in [0.25, 0.3) is 0 Å². The van der Waals surface area contributed by atoms with E-state index in [2.05, 4.69) is 16.6 Å². The van der Waals surface area contributed by atoms with Crippen LogP contribution in [-0.4, -0.2) is 58.1 Å². The second-order valence-electron chi connectivity index (χ2n) is 5.95. The van der Waals surface area contributed by atoms with Gasteiger partial charge in [-0.1, -0.05) is 17.7 Å². The molecule has 0 saturated carbocycles. The minimum absolute atomic E-state index is 0.289. The van der Waals surface area contributed by atoms with Crippen LogP contribution in [0.3, 0.4) is 0 Å². The molecule has 142 valence electrons. The topological polar surface area (TPSA) is 63.4 Å². The first-order valence-corrected chi connectivity index (χ1v) is 11.1. The summed E-state index contributed by atoms with van der Waals surface area (Å²) in [4.78, 5) is 2.15. The van der Waals surface area contributed by atoms with E-state index in [1.54, 1.807) is 22.9 Å². The summed E-state index contributed by atoms with van der Waals surface area (Å²) in [5.74, 6) is 0.839. The van der Waals surface area contributed by atoms with Crippen molar-refractivity contribution in [3.63, 3.8) is 0 Å². The molecule has 0 radical (unpaired) electrons. The van der Waals surface area contributed by atoms with Gasteiger partial charge < -0.3 is 4.57 Å². The number of allylic oxidation sites excluding steroid dienone is 1. The number of hydrogen-bond donors (Lipinski definition) is 0. The van der Waals surface area contributed by atoms with Crippen LogP contribution >= 0.6 is 35.2 Å². The summed E-state index contributed by atoms with van der Waals surface area (Å²) in [5.41, 5.74) is 0. The fourth-order valence-corrected chi connectivity index (χ4v) is 6.21. The van der Waals surface area contributed by atoms with Gasteiger partial charge >= 0.3 is 0 Å². The van der Waals surface area contributed by atoms with Gasteiger partial charge in [-0.2, -0.15) is 9.40 Å². The molecule has 0 N–H and O–H groups in total. The predicted molar refractivity (Wildman–Crippen MR) is 106 cm³/mol. The Kier molecular flexibility index (Phi) is 6.00. The summed E-state index contributed by atoms with van der Waals surface area (Å²) in [6.45, 7) is 8.91. The van der Waals surface area contributed by atoms with Crippen molar-refractivity contribution in [3.05, 3.63) is 39.7 Å². The number of hydrogen-bond acceptors (Lipinski definition) is 6. The summed E-state index contributed by atoms with van der Waals surface area (Å²) in [5, 5.41) is 4.48. The zero-order valence-corrected chi connectivity index (χ0v) is 17.5. The third kappa shape index (κ3) is 3.95. The highest BCUT2D eigenvalue weighted by molar-refractivity contribution is 7.91. The quantitative estimate of drug-likeness (QED) is 0.517. The average Bonchev–Trinajstić information content (AvgIpc) is 3.15. The Hall–Kier alpha value is -1.04. The first-order chi connectivity index (χ1) is 12.3. The highest BCUT2D eigenvalue weighted by Crippen LogP contribution is 2.28. The zero-order chi connectivity index (χ0) is 18.9. The molecule has 2 aromatic heterocycles. The van der Waals surface area contributed by atoms with Crippen molar-refractivity contribution in [3.8, 4) is 0 Å². The molecular formula is C15H20ClN5O2S3. The van der Waals surface area contributed by atoms with Gasteiger partial charge in [0.1, 0.15) is 10.0 Å². The fraction of sp³-hybridized carbons (Fsp3) is 0.467. The molecular weight excluding hydrogens is 414 g/mol. The lowest BCUT2D eigenvalue weighted by Crippen LogP contribution is -2.48. The van der Waals surface area contributed by atoms with E-state index in [4.69, 9.17) is 23.8 Å². The summed E-state index contributed by atoms with van der Waals surface area (Å²) in [6.07, 6.45) is 1.79. The number of aryl methyl sites for hydroxylation is 1. The minimum atomic E-state index is -3.47. The third-order valence-electron chi connectivity index (χ3n) is 4.23. The molecule has 1 aliphatic heterocycles. The van der Waals surface area contributed by atoms with Gasteiger partial charge in [0, 0.05) is 32.7 Å². The van der Waals surface area contributed by atoms with Gasteiger partial charge in [0.05, 0.1) is 11.0 Å². The molecule has 0 aromatic carbocycles. The van der Waals surface area contributed by atoms with Gasteiger partial charge in [-0.05, 0) is 31.3 Å². The van der Waals surface area contributed by atoms with Crippen molar-refractivity contribution in [2.45, 2.75) is 24.3 Å². The van der Waals surface area contributed by atoms with Crippen LogP contribution in [0.4, 0.5) is 0 Å². The number of piperazine rings is 1. The van der Waals surface area contributed by atoms with Crippen LogP contribution in [0.2, 0.25) is 4.34 Å². The Balaban J connectivity index is 1.65. The van der Waals surface area contributed by atoms with E-state index in [0.29, 0.717) is 48.5 Å². The highest BCUT2D eigenvalue weighted by atomic mass is 35.5. The molecule has 1 fully saturated rings. The lowest BCUT2D eigenvalue weighted by atomic mass is 10.4. The van der Waals surface area contributed by atoms with Crippen molar-refractivity contribution in [1.82, 2.24) is 23.6 Å². The second kappa shape index (κ2) is 7.91. The van der Waals surface area contributed by atoms with Crippen molar-refractivity contribution < 1.29 is 8.42 Å². The maximum absolute atomic E-state index is 12.7. The van der Waals surface area contributed by atoms with Gasteiger partial charge in [0.2, 0.25) is 0 Å². The third-order valence-corrected chi connectivity index (χ3v) is 8.26. The normalized spacial score (nSPS) is 16.8. The Morgan fingerprint density at radius 2 is 2.04 bits per heavy atom. The van der Waals surface area contributed by atoms with Gasteiger partial charge in [-0.15, -0.1) is 17.9 Å². The number of aromatic nitrogens is 3. The summed E-state index contributed by atoms with van der Waals surface area (Å²) < 4.78 is 31.9. The fourth-order valence-electron chi connectivity index (χ4n) is 2.84. The molecule has 0 unspecified atom stereocenters.